The van der Waals surface area contributed by atoms with Gasteiger partial charge in [-0.1, -0.05) is 0 Å². The molecule has 1 atom stereocenters. The van der Waals surface area contributed by atoms with Crippen molar-refractivity contribution < 1.29 is 23.1 Å². The summed E-state index contributed by atoms with van der Waals surface area (Å²) in [6, 6.07) is 3.54. The number of carboxylic acids is 1. The van der Waals surface area contributed by atoms with Crippen molar-refractivity contribution in [3.63, 3.8) is 0 Å². The van der Waals surface area contributed by atoms with Gasteiger partial charge in [0.1, 0.15) is 0 Å². The highest BCUT2D eigenvalue weighted by Gasteiger charge is 2.20. The Morgan fingerprint density at radius 2 is 2.10 bits per heavy atom. The Morgan fingerprint density at radius 1 is 1.43 bits per heavy atom. The van der Waals surface area contributed by atoms with E-state index in [1.807, 2.05) is 6.92 Å². The van der Waals surface area contributed by atoms with E-state index in [9.17, 15) is 18.3 Å². The number of sulfonamides is 1. The summed E-state index contributed by atoms with van der Waals surface area (Å²) in [5.74, 6) is -1.19. The molecule has 1 aromatic carbocycles. The molecule has 0 fully saturated rings. The van der Waals surface area contributed by atoms with Crippen LogP contribution in [0.15, 0.2) is 23.1 Å². The SMILES string of the molecule is CCNc1ccc(S(=O)(=O)N[C@H](C)COC)cc1C(=O)O. The van der Waals surface area contributed by atoms with E-state index in [1.54, 1.807) is 6.92 Å². The molecule has 0 saturated carbocycles. The first kappa shape index (κ1) is 17.4. The maximum Gasteiger partial charge on any atom is 0.337 e. The van der Waals surface area contributed by atoms with Gasteiger partial charge in [-0.05, 0) is 32.0 Å². The summed E-state index contributed by atoms with van der Waals surface area (Å²) < 4.78 is 31.7. The molecule has 0 unspecified atom stereocenters. The Hall–Kier alpha value is -1.64. The summed E-state index contributed by atoms with van der Waals surface area (Å²) >= 11 is 0. The maximum absolute atomic E-state index is 12.2. The molecule has 0 saturated heterocycles. The van der Waals surface area contributed by atoms with Crippen LogP contribution in [-0.4, -0.2) is 45.8 Å². The zero-order valence-electron chi connectivity index (χ0n) is 12.2. The molecule has 0 aliphatic heterocycles. The van der Waals surface area contributed by atoms with E-state index < -0.39 is 22.0 Å². The average Bonchev–Trinajstić information content (AvgIpc) is 2.38. The monoisotopic (exact) mass is 316 g/mol. The highest BCUT2D eigenvalue weighted by molar-refractivity contribution is 7.89. The van der Waals surface area contributed by atoms with Gasteiger partial charge in [0.15, 0.2) is 0 Å². The number of rotatable bonds is 8. The van der Waals surface area contributed by atoms with Crippen LogP contribution in [0, 0.1) is 0 Å². The lowest BCUT2D eigenvalue weighted by atomic mass is 10.2. The molecule has 21 heavy (non-hydrogen) atoms. The molecule has 7 nitrogen and oxygen atoms in total. The van der Waals surface area contributed by atoms with E-state index in [0.717, 1.165) is 6.07 Å². The number of anilines is 1. The van der Waals surface area contributed by atoms with E-state index in [-0.39, 0.29) is 17.1 Å². The van der Waals surface area contributed by atoms with Crippen LogP contribution in [0.25, 0.3) is 0 Å². The number of hydrogen-bond acceptors (Lipinski definition) is 5. The molecule has 3 N–H and O–H groups in total. The number of nitrogens with one attached hydrogen (secondary N) is 2. The number of aromatic carboxylic acids is 1. The van der Waals surface area contributed by atoms with Gasteiger partial charge in [-0.15, -0.1) is 0 Å². The van der Waals surface area contributed by atoms with Crippen molar-refractivity contribution in [3.8, 4) is 0 Å². The van der Waals surface area contributed by atoms with Gasteiger partial charge in [0.2, 0.25) is 10.0 Å². The third-order valence-electron chi connectivity index (χ3n) is 2.67. The first-order chi connectivity index (χ1) is 9.81. The quantitative estimate of drug-likeness (QED) is 0.664. The van der Waals surface area contributed by atoms with Gasteiger partial charge >= 0.3 is 5.97 Å². The molecule has 1 rings (SSSR count). The largest absolute Gasteiger partial charge is 0.478 e. The summed E-state index contributed by atoms with van der Waals surface area (Å²) in [7, 11) is -2.32. The van der Waals surface area contributed by atoms with Crippen LogP contribution in [-0.2, 0) is 14.8 Å². The van der Waals surface area contributed by atoms with Gasteiger partial charge in [-0.2, -0.15) is 0 Å². The van der Waals surface area contributed by atoms with Crippen LogP contribution < -0.4 is 10.0 Å². The molecule has 0 aromatic heterocycles. The van der Waals surface area contributed by atoms with Crippen molar-refractivity contribution in [2.45, 2.75) is 24.8 Å². The summed E-state index contributed by atoms with van der Waals surface area (Å²) in [6.07, 6.45) is 0. The number of ether oxygens (including phenoxy) is 1. The van der Waals surface area contributed by atoms with Crippen molar-refractivity contribution >= 4 is 21.7 Å². The third kappa shape index (κ3) is 4.69. The van der Waals surface area contributed by atoms with Crippen LogP contribution in [0.1, 0.15) is 24.2 Å². The zero-order valence-corrected chi connectivity index (χ0v) is 13.0. The molecular weight excluding hydrogens is 296 g/mol. The van der Waals surface area contributed by atoms with Crippen molar-refractivity contribution in [1.82, 2.24) is 4.72 Å². The summed E-state index contributed by atoms with van der Waals surface area (Å²) in [5.41, 5.74) is 0.299. The highest BCUT2D eigenvalue weighted by Crippen LogP contribution is 2.20. The van der Waals surface area contributed by atoms with Crippen LogP contribution in [0.2, 0.25) is 0 Å². The molecule has 0 heterocycles. The second kappa shape index (κ2) is 7.39. The van der Waals surface area contributed by atoms with Crippen molar-refractivity contribution in [1.29, 1.82) is 0 Å². The highest BCUT2D eigenvalue weighted by atomic mass is 32.2. The zero-order chi connectivity index (χ0) is 16.0. The topological polar surface area (TPSA) is 105 Å². The van der Waals surface area contributed by atoms with Crippen LogP contribution >= 0.6 is 0 Å². The Bertz CT molecular complexity index is 601. The predicted molar refractivity (Wildman–Crippen MR) is 79.2 cm³/mol. The van der Waals surface area contributed by atoms with E-state index in [4.69, 9.17) is 4.74 Å². The number of methoxy groups -OCH3 is 1. The van der Waals surface area contributed by atoms with Crippen LogP contribution in [0.3, 0.4) is 0 Å². The molecule has 118 valence electrons. The molecule has 8 heteroatoms. The number of hydrogen-bond donors (Lipinski definition) is 3. The molecule has 0 amide bonds. The number of carboxylic acid groups (broad SMARTS) is 1. The predicted octanol–water partition coefficient (Wildman–Crippen LogP) is 1.13. The Morgan fingerprint density at radius 3 is 2.62 bits per heavy atom. The number of benzene rings is 1. The van der Waals surface area contributed by atoms with Gasteiger partial charge in [0.25, 0.3) is 0 Å². The minimum absolute atomic E-state index is 0.0841. The van der Waals surface area contributed by atoms with E-state index in [2.05, 4.69) is 10.0 Å². The first-order valence-electron chi connectivity index (χ1n) is 6.44. The van der Waals surface area contributed by atoms with Crippen molar-refractivity contribution in [3.05, 3.63) is 23.8 Å². The van der Waals surface area contributed by atoms with Gasteiger partial charge in [-0.25, -0.2) is 17.9 Å². The standard InChI is InChI=1S/C13H20N2O5S/c1-4-14-12-6-5-10(7-11(12)13(16)17)21(18,19)15-9(2)8-20-3/h5-7,9,14-15H,4,8H2,1-3H3,(H,16,17)/t9-/m1/s1. The smallest absolute Gasteiger partial charge is 0.337 e. The minimum atomic E-state index is -3.79. The van der Waals surface area contributed by atoms with E-state index >= 15 is 0 Å². The fourth-order valence-corrected chi connectivity index (χ4v) is 3.08. The van der Waals surface area contributed by atoms with E-state index in [0.29, 0.717) is 12.2 Å². The van der Waals surface area contributed by atoms with E-state index in [1.165, 1.54) is 19.2 Å². The maximum atomic E-state index is 12.2. The minimum Gasteiger partial charge on any atom is -0.478 e. The van der Waals surface area contributed by atoms with Crippen LogP contribution in [0.4, 0.5) is 5.69 Å². The number of carbonyl (C=O) groups is 1. The Kier molecular flexibility index (Phi) is 6.13. The summed E-state index contributed by atoms with van der Waals surface area (Å²) in [6.45, 7) is 4.24. The first-order valence-corrected chi connectivity index (χ1v) is 7.92. The summed E-state index contributed by atoms with van der Waals surface area (Å²) in [5, 5.41) is 12.1. The second-order valence-corrected chi connectivity index (χ2v) is 6.23. The molecule has 1 aromatic rings. The average molecular weight is 316 g/mol. The Balaban J connectivity index is 3.13. The normalized spacial score (nSPS) is 12.9. The fourth-order valence-electron chi connectivity index (χ4n) is 1.83. The third-order valence-corrected chi connectivity index (χ3v) is 4.26. The Labute approximate surface area is 124 Å². The molecule has 0 bridgehead atoms. The molecule has 0 radical (unpaired) electrons. The molecule has 0 aliphatic carbocycles. The lowest BCUT2D eigenvalue weighted by Crippen LogP contribution is -2.35. The molecule has 0 spiro atoms. The van der Waals surface area contributed by atoms with Gasteiger partial charge < -0.3 is 15.2 Å². The fraction of sp³-hybridized carbons (Fsp3) is 0.462. The van der Waals surface area contributed by atoms with Gasteiger partial charge in [0.05, 0.1) is 17.1 Å². The summed E-state index contributed by atoms with van der Waals surface area (Å²) in [4.78, 5) is 11.1. The van der Waals surface area contributed by atoms with Gasteiger partial charge in [0, 0.05) is 25.4 Å². The second-order valence-electron chi connectivity index (χ2n) is 4.52. The van der Waals surface area contributed by atoms with Gasteiger partial charge in [-0.3, -0.25) is 0 Å². The lowest BCUT2D eigenvalue weighted by Gasteiger charge is -2.14. The molecule has 0 aliphatic rings. The van der Waals surface area contributed by atoms with Crippen molar-refractivity contribution in [2.24, 2.45) is 0 Å². The molecular formula is C13H20N2O5S. The lowest BCUT2D eigenvalue weighted by molar-refractivity contribution is 0.0697. The van der Waals surface area contributed by atoms with Crippen molar-refractivity contribution in [2.75, 3.05) is 25.6 Å². The van der Waals surface area contributed by atoms with Crippen LogP contribution in [0.5, 0.6) is 0 Å².